The quantitative estimate of drug-likeness (QED) is 0.732. The third-order valence-corrected chi connectivity index (χ3v) is 6.48. The number of allylic oxidation sites excluding steroid dienone is 2. The minimum Gasteiger partial charge on any atom is -0.377 e. The Balaban J connectivity index is 1.31. The van der Waals surface area contributed by atoms with Gasteiger partial charge in [-0.2, -0.15) is 0 Å². The second-order valence-corrected chi connectivity index (χ2v) is 8.40. The first-order chi connectivity index (χ1) is 13.8. The van der Waals surface area contributed by atoms with Crippen LogP contribution in [-0.2, 0) is 11.3 Å². The van der Waals surface area contributed by atoms with Crippen LogP contribution < -0.4 is 0 Å². The molecule has 148 valence electrons. The van der Waals surface area contributed by atoms with Crippen molar-refractivity contribution in [1.82, 2.24) is 14.8 Å². The Labute approximate surface area is 172 Å². The van der Waals surface area contributed by atoms with Crippen molar-refractivity contribution in [3.63, 3.8) is 0 Å². The minimum atomic E-state index is 0.246. The lowest BCUT2D eigenvalue weighted by atomic mass is 10.0. The highest BCUT2D eigenvalue weighted by Gasteiger charge is 2.20. The molecule has 0 N–H and O–H groups in total. The fraction of sp³-hybridized carbons (Fsp3) is 0.435. The van der Waals surface area contributed by atoms with Gasteiger partial charge >= 0.3 is 0 Å². The number of methoxy groups -OCH3 is 1. The van der Waals surface area contributed by atoms with E-state index in [1.165, 1.54) is 23.3 Å². The van der Waals surface area contributed by atoms with Crippen LogP contribution in [0.2, 0.25) is 0 Å². The number of hydrogen-bond acceptors (Lipinski definition) is 5. The van der Waals surface area contributed by atoms with E-state index in [-0.39, 0.29) is 6.10 Å². The third-order valence-electron chi connectivity index (χ3n) is 5.54. The van der Waals surface area contributed by atoms with Crippen molar-refractivity contribution in [3.05, 3.63) is 65.2 Å². The van der Waals surface area contributed by atoms with Gasteiger partial charge in [-0.15, -0.1) is 11.3 Å². The highest BCUT2D eigenvalue weighted by molar-refractivity contribution is 7.13. The van der Waals surface area contributed by atoms with Gasteiger partial charge in [-0.25, -0.2) is 4.98 Å². The molecular formula is C23H29N3OS. The maximum Gasteiger partial charge on any atom is 0.123 e. The van der Waals surface area contributed by atoms with Crippen molar-refractivity contribution in [1.29, 1.82) is 0 Å². The Morgan fingerprint density at radius 3 is 2.64 bits per heavy atom. The highest BCUT2D eigenvalue weighted by atomic mass is 32.1. The van der Waals surface area contributed by atoms with Crippen LogP contribution in [0.15, 0.2) is 59.5 Å². The van der Waals surface area contributed by atoms with Gasteiger partial charge in [-0.1, -0.05) is 48.6 Å². The molecule has 1 aromatic carbocycles. The van der Waals surface area contributed by atoms with Crippen molar-refractivity contribution in [2.75, 3.05) is 39.8 Å². The predicted octanol–water partition coefficient (Wildman–Crippen LogP) is 4.22. The van der Waals surface area contributed by atoms with E-state index in [0.717, 1.165) is 50.7 Å². The Hall–Kier alpha value is -1.79. The molecule has 1 saturated heterocycles. The molecule has 28 heavy (non-hydrogen) atoms. The number of hydrogen-bond donors (Lipinski definition) is 0. The molecule has 0 saturated carbocycles. The SMILES string of the molecule is COC1CC=CC=C1CN1CCCN(Cc2csc(-c3ccccc3)n2)CC1. The molecule has 1 aliphatic heterocycles. The molecule has 0 amide bonds. The van der Waals surface area contributed by atoms with Gasteiger partial charge in [0.1, 0.15) is 5.01 Å². The highest BCUT2D eigenvalue weighted by Crippen LogP contribution is 2.24. The maximum absolute atomic E-state index is 5.65. The normalized spacial score (nSPS) is 21.5. The first-order valence-corrected chi connectivity index (χ1v) is 11.0. The topological polar surface area (TPSA) is 28.6 Å². The smallest absolute Gasteiger partial charge is 0.123 e. The van der Waals surface area contributed by atoms with Crippen LogP contribution in [0.25, 0.3) is 10.6 Å². The Morgan fingerprint density at radius 2 is 1.86 bits per heavy atom. The number of nitrogens with zero attached hydrogens (tertiary/aromatic N) is 3. The molecule has 4 nitrogen and oxygen atoms in total. The Kier molecular flexibility index (Phi) is 6.70. The van der Waals surface area contributed by atoms with Crippen molar-refractivity contribution >= 4 is 11.3 Å². The molecule has 0 bridgehead atoms. The summed E-state index contributed by atoms with van der Waals surface area (Å²) in [7, 11) is 1.82. The fourth-order valence-electron chi connectivity index (χ4n) is 3.98. The number of aromatic nitrogens is 1. The van der Waals surface area contributed by atoms with E-state index in [0.29, 0.717) is 0 Å². The maximum atomic E-state index is 5.65. The zero-order chi connectivity index (χ0) is 19.2. The standard InChI is InChI=1S/C23H29N3OS/c1-27-22-11-6-5-10-20(22)16-25-12-7-13-26(15-14-25)17-21-18-28-23(24-21)19-8-3-2-4-9-19/h2-6,8-10,18,22H,7,11-17H2,1H3. The molecular weight excluding hydrogens is 366 g/mol. The predicted molar refractivity (Wildman–Crippen MR) is 117 cm³/mol. The van der Waals surface area contributed by atoms with Crippen LogP contribution >= 0.6 is 11.3 Å². The molecule has 1 fully saturated rings. The zero-order valence-corrected chi connectivity index (χ0v) is 17.4. The van der Waals surface area contributed by atoms with E-state index < -0.39 is 0 Å². The lowest BCUT2D eigenvalue weighted by molar-refractivity contribution is 0.123. The lowest BCUT2D eigenvalue weighted by Gasteiger charge is -2.27. The van der Waals surface area contributed by atoms with Gasteiger partial charge < -0.3 is 4.74 Å². The van der Waals surface area contributed by atoms with Gasteiger partial charge in [0.25, 0.3) is 0 Å². The van der Waals surface area contributed by atoms with Gasteiger partial charge in [0.15, 0.2) is 0 Å². The summed E-state index contributed by atoms with van der Waals surface area (Å²) in [5, 5.41) is 3.34. The molecule has 5 heteroatoms. The first kappa shape index (κ1) is 19.5. The zero-order valence-electron chi connectivity index (χ0n) is 16.6. The van der Waals surface area contributed by atoms with Crippen LogP contribution in [0.5, 0.6) is 0 Å². The summed E-state index contributed by atoms with van der Waals surface area (Å²) < 4.78 is 5.65. The summed E-state index contributed by atoms with van der Waals surface area (Å²) in [5.41, 5.74) is 3.81. The summed E-state index contributed by atoms with van der Waals surface area (Å²) >= 11 is 1.75. The largest absolute Gasteiger partial charge is 0.377 e. The Bertz CT molecular complexity index is 814. The van der Waals surface area contributed by atoms with Gasteiger partial charge in [0.05, 0.1) is 11.8 Å². The average molecular weight is 396 g/mol. The third kappa shape index (κ3) is 4.97. The lowest BCUT2D eigenvalue weighted by Crippen LogP contribution is -2.34. The molecule has 2 heterocycles. The molecule has 2 aliphatic rings. The van der Waals surface area contributed by atoms with Gasteiger partial charge in [-0.05, 0) is 31.5 Å². The molecule has 1 aromatic heterocycles. The average Bonchev–Trinajstić information content (AvgIpc) is 3.10. The van der Waals surface area contributed by atoms with Crippen LogP contribution in [0, 0.1) is 0 Å². The monoisotopic (exact) mass is 395 g/mol. The fourth-order valence-corrected chi connectivity index (χ4v) is 4.79. The second-order valence-electron chi connectivity index (χ2n) is 7.55. The summed E-state index contributed by atoms with van der Waals surface area (Å²) in [6.45, 7) is 6.46. The number of ether oxygens (including phenoxy) is 1. The van der Waals surface area contributed by atoms with E-state index >= 15 is 0 Å². The van der Waals surface area contributed by atoms with Gasteiger partial charge in [0, 0.05) is 44.2 Å². The van der Waals surface area contributed by atoms with Crippen molar-refractivity contribution in [2.24, 2.45) is 0 Å². The van der Waals surface area contributed by atoms with Gasteiger partial charge in [-0.3, -0.25) is 9.80 Å². The summed E-state index contributed by atoms with van der Waals surface area (Å²) in [4.78, 5) is 9.99. The van der Waals surface area contributed by atoms with Crippen LogP contribution in [-0.4, -0.2) is 60.7 Å². The van der Waals surface area contributed by atoms with Crippen LogP contribution in [0.1, 0.15) is 18.5 Å². The van der Waals surface area contributed by atoms with E-state index in [1.54, 1.807) is 11.3 Å². The molecule has 0 spiro atoms. The summed E-state index contributed by atoms with van der Waals surface area (Å²) in [6, 6.07) is 10.5. The van der Waals surface area contributed by atoms with Crippen molar-refractivity contribution in [3.8, 4) is 10.6 Å². The molecule has 1 atom stereocenters. The van der Waals surface area contributed by atoms with Gasteiger partial charge in [0.2, 0.25) is 0 Å². The van der Waals surface area contributed by atoms with Crippen LogP contribution in [0.3, 0.4) is 0 Å². The number of benzene rings is 1. The summed E-state index contributed by atoms with van der Waals surface area (Å²) in [5.74, 6) is 0. The molecule has 1 aliphatic carbocycles. The number of thiazole rings is 1. The minimum absolute atomic E-state index is 0.246. The molecule has 2 aromatic rings. The molecule has 0 radical (unpaired) electrons. The molecule has 1 unspecified atom stereocenters. The summed E-state index contributed by atoms with van der Waals surface area (Å²) in [6.07, 6.45) is 9.05. The van der Waals surface area contributed by atoms with E-state index in [4.69, 9.17) is 9.72 Å². The first-order valence-electron chi connectivity index (χ1n) is 10.1. The second kappa shape index (κ2) is 9.61. The number of rotatable bonds is 6. The van der Waals surface area contributed by atoms with E-state index in [9.17, 15) is 0 Å². The van der Waals surface area contributed by atoms with E-state index in [1.807, 2.05) is 7.11 Å². The van der Waals surface area contributed by atoms with Crippen molar-refractivity contribution < 1.29 is 4.74 Å². The van der Waals surface area contributed by atoms with E-state index in [2.05, 4.69) is 63.7 Å². The Morgan fingerprint density at radius 1 is 1.07 bits per heavy atom. The molecule has 4 rings (SSSR count). The van der Waals surface area contributed by atoms with Crippen molar-refractivity contribution in [2.45, 2.75) is 25.5 Å². The van der Waals surface area contributed by atoms with Crippen LogP contribution in [0.4, 0.5) is 0 Å².